The first-order valence-corrected chi connectivity index (χ1v) is 6.36. The first-order chi connectivity index (χ1) is 7.74. The van der Waals surface area contributed by atoms with Gasteiger partial charge >= 0.3 is 0 Å². The number of aliphatic hydroxyl groups excluding tert-OH is 1. The molecule has 0 aromatic carbocycles. The maximum atomic E-state index is 9.47. The highest BCUT2D eigenvalue weighted by atomic mass is 79.9. The minimum Gasteiger partial charge on any atom is -0.396 e. The fraction of sp³-hybridized carbons (Fsp3) is 0.636. The van der Waals surface area contributed by atoms with Crippen molar-refractivity contribution in [1.82, 2.24) is 9.97 Å². The van der Waals surface area contributed by atoms with Gasteiger partial charge in [-0.05, 0) is 28.8 Å². The lowest BCUT2D eigenvalue weighted by Gasteiger charge is -2.26. The van der Waals surface area contributed by atoms with E-state index in [0.717, 1.165) is 29.8 Å². The largest absolute Gasteiger partial charge is 0.396 e. The monoisotopic (exact) mass is 285 g/mol. The van der Waals surface area contributed by atoms with E-state index in [4.69, 9.17) is 0 Å². The number of nitrogens with one attached hydrogen (secondary N) is 1. The fourth-order valence-corrected chi connectivity index (χ4v) is 2.53. The van der Waals surface area contributed by atoms with Gasteiger partial charge < -0.3 is 10.4 Å². The third-order valence-electron chi connectivity index (χ3n) is 3.28. The van der Waals surface area contributed by atoms with Crippen LogP contribution in [-0.2, 0) is 0 Å². The van der Waals surface area contributed by atoms with Crippen LogP contribution in [0.5, 0.6) is 0 Å². The molecule has 0 unspecified atom stereocenters. The lowest BCUT2D eigenvalue weighted by Crippen LogP contribution is -2.30. The van der Waals surface area contributed by atoms with Crippen LogP contribution in [0.4, 0.5) is 5.82 Å². The van der Waals surface area contributed by atoms with Gasteiger partial charge in [-0.25, -0.2) is 9.97 Å². The van der Waals surface area contributed by atoms with E-state index in [1.807, 2.05) is 6.07 Å². The lowest BCUT2D eigenvalue weighted by atomic mass is 9.87. The second kappa shape index (κ2) is 5.10. The highest BCUT2D eigenvalue weighted by Gasteiger charge is 2.32. The van der Waals surface area contributed by atoms with Crippen LogP contribution in [0.3, 0.4) is 0 Å². The van der Waals surface area contributed by atoms with Gasteiger partial charge in [0, 0.05) is 18.0 Å². The molecule has 88 valence electrons. The number of halogens is 1. The van der Waals surface area contributed by atoms with Crippen LogP contribution in [0, 0.1) is 5.41 Å². The van der Waals surface area contributed by atoms with Crippen molar-refractivity contribution in [2.75, 3.05) is 18.5 Å². The normalized spacial score (nSPS) is 18.6. The van der Waals surface area contributed by atoms with Crippen LogP contribution >= 0.6 is 15.9 Å². The highest BCUT2D eigenvalue weighted by Crippen LogP contribution is 2.37. The number of rotatable bonds is 4. The summed E-state index contributed by atoms with van der Waals surface area (Å²) in [4.78, 5) is 8.11. The van der Waals surface area contributed by atoms with Crippen molar-refractivity contribution in [3.8, 4) is 0 Å². The molecule has 1 aliphatic rings. The molecule has 0 spiro atoms. The minimum absolute atomic E-state index is 0.0530. The van der Waals surface area contributed by atoms with Crippen molar-refractivity contribution in [2.24, 2.45) is 5.41 Å². The molecule has 0 saturated heterocycles. The van der Waals surface area contributed by atoms with Gasteiger partial charge in [-0.1, -0.05) is 12.8 Å². The van der Waals surface area contributed by atoms with Crippen molar-refractivity contribution in [3.63, 3.8) is 0 Å². The summed E-state index contributed by atoms with van der Waals surface area (Å²) in [5, 5.41) is 12.7. The first kappa shape index (κ1) is 11.8. The molecule has 2 N–H and O–H groups in total. The van der Waals surface area contributed by atoms with E-state index >= 15 is 0 Å². The Hall–Kier alpha value is -0.680. The molecular formula is C11H16BrN3O. The summed E-state index contributed by atoms with van der Waals surface area (Å²) in [7, 11) is 0. The molecule has 1 aromatic heterocycles. The topological polar surface area (TPSA) is 58.0 Å². The zero-order chi connectivity index (χ0) is 11.4. The van der Waals surface area contributed by atoms with Crippen LogP contribution in [0.25, 0.3) is 0 Å². The third-order valence-corrected chi connectivity index (χ3v) is 3.71. The van der Waals surface area contributed by atoms with Crippen LogP contribution in [-0.4, -0.2) is 28.2 Å². The molecule has 2 rings (SSSR count). The molecule has 1 saturated carbocycles. The average Bonchev–Trinajstić information content (AvgIpc) is 2.76. The summed E-state index contributed by atoms with van der Waals surface area (Å²) in [6.07, 6.45) is 6.16. The smallest absolute Gasteiger partial charge is 0.130 e. The number of anilines is 1. The summed E-state index contributed by atoms with van der Waals surface area (Å²) < 4.78 is 0.773. The predicted molar refractivity (Wildman–Crippen MR) is 66.2 cm³/mol. The predicted octanol–water partition coefficient (Wildman–Crippen LogP) is 2.20. The van der Waals surface area contributed by atoms with Crippen LogP contribution < -0.4 is 5.32 Å². The second-order valence-corrected chi connectivity index (χ2v) is 5.26. The van der Waals surface area contributed by atoms with Gasteiger partial charge in [0.15, 0.2) is 0 Å². The van der Waals surface area contributed by atoms with E-state index in [1.54, 1.807) is 0 Å². The average molecular weight is 286 g/mol. The molecule has 1 aliphatic carbocycles. The van der Waals surface area contributed by atoms with Gasteiger partial charge in [-0.15, -0.1) is 0 Å². The van der Waals surface area contributed by atoms with Crippen LogP contribution in [0.1, 0.15) is 25.7 Å². The van der Waals surface area contributed by atoms with Gasteiger partial charge in [0.25, 0.3) is 0 Å². The van der Waals surface area contributed by atoms with E-state index in [9.17, 15) is 5.11 Å². The van der Waals surface area contributed by atoms with E-state index in [-0.39, 0.29) is 12.0 Å². The summed E-state index contributed by atoms with van der Waals surface area (Å²) in [6, 6.07) is 1.85. The van der Waals surface area contributed by atoms with Crippen molar-refractivity contribution in [2.45, 2.75) is 25.7 Å². The van der Waals surface area contributed by atoms with Gasteiger partial charge in [0.1, 0.15) is 16.7 Å². The Morgan fingerprint density at radius 3 is 2.75 bits per heavy atom. The van der Waals surface area contributed by atoms with Gasteiger partial charge in [-0.2, -0.15) is 0 Å². The van der Waals surface area contributed by atoms with E-state index in [0.29, 0.717) is 0 Å². The number of nitrogens with zero attached hydrogens (tertiary/aromatic N) is 2. The standard InChI is InChI=1S/C11H16BrN3O/c12-9-5-10(15-8-14-9)13-6-11(7-16)3-1-2-4-11/h5,8,16H,1-4,6-7H2,(H,13,14,15). The quantitative estimate of drug-likeness (QED) is 0.833. The van der Waals surface area contributed by atoms with Gasteiger partial charge in [0.2, 0.25) is 0 Å². The molecule has 16 heavy (non-hydrogen) atoms. The summed E-state index contributed by atoms with van der Waals surface area (Å²) in [6.45, 7) is 1.04. The molecule has 1 fully saturated rings. The summed E-state index contributed by atoms with van der Waals surface area (Å²) >= 11 is 3.31. The molecule has 1 heterocycles. The molecule has 1 aromatic rings. The zero-order valence-electron chi connectivity index (χ0n) is 9.12. The maximum Gasteiger partial charge on any atom is 0.130 e. The lowest BCUT2D eigenvalue weighted by molar-refractivity contribution is 0.142. The molecule has 0 aliphatic heterocycles. The first-order valence-electron chi connectivity index (χ1n) is 5.56. The van der Waals surface area contributed by atoms with Crippen LogP contribution in [0.2, 0.25) is 0 Å². The Bertz CT molecular complexity index is 353. The second-order valence-electron chi connectivity index (χ2n) is 4.44. The molecule has 0 radical (unpaired) electrons. The maximum absolute atomic E-state index is 9.47. The molecule has 5 heteroatoms. The zero-order valence-corrected chi connectivity index (χ0v) is 10.7. The minimum atomic E-state index is 0.0530. The molecule has 0 bridgehead atoms. The summed E-state index contributed by atoms with van der Waals surface area (Å²) in [5.41, 5.74) is 0.0530. The Morgan fingerprint density at radius 2 is 2.12 bits per heavy atom. The number of aromatic nitrogens is 2. The van der Waals surface area contributed by atoms with Crippen LogP contribution in [0.15, 0.2) is 17.0 Å². The van der Waals surface area contributed by atoms with Crippen molar-refractivity contribution in [3.05, 3.63) is 17.0 Å². The summed E-state index contributed by atoms with van der Waals surface area (Å²) in [5.74, 6) is 0.807. The van der Waals surface area contributed by atoms with Crippen molar-refractivity contribution in [1.29, 1.82) is 0 Å². The van der Waals surface area contributed by atoms with E-state index in [1.165, 1.54) is 19.2 Å². The van der Waals surface area contributed by atoms with E-state index in [2.05, 4.69) is 31.2 Å². The van der Waals surface area contributed by atoms with Crippen molar-refractivity contribution < 1.29 is 5.11 Å². The molecule has 0 amide bonds. The van der Waals surface area contributed by atoms with Gasteiger partial charge in [-0.3, -0.25) is 0 Å². The Labute approximate surface area is 104 Å². The Balaban J connectivity index is 1.95. The molecular weight excluding hydrogens is 270 g/mol. The number of aliphatic hydroxyl groups is 1. The highest BCUT2D eigenvalue weighted by molar-refractivity contribution is 9.10. The SMILES string of the molecule is OCC1(CNc2cc(Br)ncn2)CCCC1. The van der Waals surface area contributed by atoms with Gasteiger partial charge in [0.05, 0.1) is 6.61 Å². The third kappa shape index (κ3) is 2.71. The Kier molecular flexibility index (Phi) is 3.76. The number of hydrogen-bond donors (Lipinski definition) is 2. The van der Waals surface area contributed by atoms with Crippen molar-refractivity contribution >= 4 is 21.7 Å². The Morgan fingerprint density at radius 1 is 1.38 bits per heavy atom. The molecule has 0 atom stereocenters. The number of hydrogen-bond acceptors (Lipinski definition) is 4. The fourth-order valence-electron chi connectivity index (χ4n) is 2.22. The molecule has 4 nitrogen and oxygen atoms in total. The van der Waals surface area contributed by atoms with E-state index < -0.39 is 0 Å².